The number of hydrogen-bond acceptors (Lipinski definition) is 2. The molecule has 0 spiro atoms. The van der Waals surface area contributed by atoms with Crippen molar-refractivity contribution in [2.45, 2.75) is 13.0 Å². The van der Waals surface area contributed by atoms with E-state index in [1.807, 2.05) is 42.5 Å². The smallest absolute Gasteiger partial charge is 0.224 e. The Bertz CT molecular complexity index is 817. The SMILES string of the molecule is O=C(Cc1ccc(-c2ccccc2)nc1)NCc1cccc(F)c1. The van der Waals surface area contributed by atoms with E-state index in [1.165, 1.54) is 12.1 Å². The summed E-state index contributed by atoms with van der Waals surface area (Å²) in [5.74, 6) is -0.420. The lowest BCUT2D eigenvalue weighted by Crippen LogP contribution is -2.24. The van der Waals surface area contributed by atoms with Gasteiger partial charge in [0, 0.05) is 18.3 Å². The largest absolute Gasteiger partial charge is 0.352 e. The zero-order valence-electron chi connectivity index (χ0n) is 13.1. The van der Waals surface area contributed by atoms with Gasteiger partial charge >= 0.3 is 0 Å². The van der Waals surface area contributed by atoms with Gasteiger partial charge in [-0.3, -0.25) is 9.78 Å². The van der Waals surface area contributed by atoms with Crippen molar-refractivity contribution in [2.24, 2.45) is 0 Å². The average Bonchev–Trinajstić information content (AvgIpc) is 2.61. The van der Waals surface area contributed by atoms with Crippen LogP contribution < -0.4 is 5.32 Å². The van der Waals surface area contributed by atoms with Crippen molar-refractivity contribution >= 4 is 5.91 Å². The van der Waals surface area contributed by atoms with Crippen LogP contribution in [0, 0.1) is 5.82 Å². The molecule has 1 aromatic heterocycles. The Morgan fingerprint density at radius 3 is 2.50 bits per heavy atom. The molecule has 120 valence electrons. The minimum Gasteiger partial charge on any atom is -0.352 e. The summed E-state index contributed by atoms with van der Waals surface area (Å²) in [6.45, 7) is 0.312. The quantitative estimate of drug-likeness (QED) is 0.778. The molecule has 1 amide bonds. The Morgan fingerprint density at radius 1 is 0.958 bits per heavy atom. The van der Waals surface area contributed by atoms with E-state index < -0.39 is 0 Å². The third kappa shape index (κ3) is 4.26. The van der Waals surface area contributed by atoms with E-state index in [2.05, 4.69) is 10.3 Å². The summed E-state index contributed by atoms with van der Waals surface area (Å²) in [6, 6.07) is 19.9. The van der Waals surface area contributed by atoms with Gasteiger partial charge in [-0.2, -0.15) is 0 Å². The van der Waals surface area contributed by atoms with Crippen LogP contribution in [0.1, 0.15) is 11.1 Å². The first-order valence-corrected chi connectivity index (χ1v) is 7.72. The predicted molar refractivity (Wildman–Crippen MR) is 91.6 cm³/mol. The fourth-order valence-corrected chi connectivity index (χ4v) is 2.40. The molecule has 0 fully saturated rings. The molecule has 0 radical (unpaired) electrons. The van der Waals surface area contributed by atoms with Crippen molar-refractivity contribution < 1.29 is 9.18 Å². The lowest BCUT2D eigenvalue weighted by molar-refractivity contribution is -0.120. The maximum absolute atomic E-state index is 13.1. The highest BCUT2D eigenvalue weighted by Gasteiger charge is 2.05. The first-order chi connectivity index (χ1) is 11.7. The molecule has 3 rings (SSSR count). The minimum atomic E-state index is -0.303. The highest BCUT2D eigenvalue weighted by Crippen LogP contribution is 2.16. The van der Waals surface area contributed by atoms with Crippen molar-refractivity contribution in [3.05, 3.63) is 89.9 Å². The molecule has 0 aliphatic heterocycles. The molecule has 0 bridgehead atoms. The summed E-state index contributed by atoms with van der Waals surface area (Å²) in [7, 11) is 0. The number of carbonyl (C=O) groups is 1. The number of nitrogens with one attached hydrogen (secondary N) is 1. The van der Waals surface area contributed by atoms with Gasteiger partial charge in [-0.25, -0.2) is 4.39 Å². The van der Waals surface area contributed by atoms with Gasteiger partial charge < -0.3 is 5.32 Å². The van der Waals surface area contributed by atoms with E-state index in [4.69, 9.17) is 0 Å². The molecule has 3 aromatic rings. The molecule has 1 heterocycles. The third-order valence-electron chi connectivity index (χ3n) is 3.64. The Labute approximate surface area is 140 Å². The van der Waals surface area contributed by atoms with Gasteiger partial charge in [0.2, 0.25) is 5.91 Å². The Hall–Kier alpha value is -3.01. The fraction of sp³-hybridized carbons (Fsp3) is 0.100. The normalized spacial score (nSPS) is 10.4. The second kappa shape index (κ2) is 7.51. The van der Waals surface area contributed by atoms with E-state index in [0.29, 0.717) is 6.54 Å². The molecular formula is C20H17FN2O. The minimum absolute atomic E-state index is 0.117. The van der Waals surface area contributed by atoms with Crippen LogP contribution in [0.5, 0.6) is 0 Å². The second-order valence-corrected chi connectivity index (χ2v) is 5.50. The Kier molecular flexibility index (Phi) is 4.96. The van der Waals surface area contributed by atoms with Crippen LogP contribution in [0.15, 0.2) is 72.9 Å². The molecule has 0 aliphatic rings. The standard InChI is InChI=1S/C20H17FN2O/c21-18-8-4-5-15(11-18)14-23-20(24)12-16-9-10-19(22-13-16)17-6-2-1-3-7-17/h1-11,13H,12,14H2,(H,23,24). The van der Waals surface area contributed by atoms with E-state index in [1.54, 1.807) is 18.3 Å². The number of nitrogens with zero attached hydrogens (tertiary/aromatic N) is 1. The van der Waals surface area contributed by atoms with Gasteiger partial charge in [-0.05, 0) is 29.3 Å². The highest BCUT2D eigenvalue weighted by molar-refractivity contribution is 5.78. The van der Waals surface area contributed by atoms with Gasteiger partial charge in [-0.1, -0.05) is 48.5 Å². The van der Waals surface area contributed by atoms with E-state index in [-0.39, 0.29) is 18.1 Å². The van der Waals surface area contributed by atoms with Crippen molar-refractivity contribution in [2.75, 3.05) is 0 Å². The molecule has 2 aromatic carbocycles. The Morgan fingerprint density at radius 2 is 1.79 bits per heavy atom. The van der Waals surface area contributed by atoms with Crippen molar-refractivity contribution in [3.63, 3.8) is 0 Å². The van der Waals surface area contributed by atoms with E-state index in [0.717, 1.165) is 22.4 Å². The summed E-state index contributed by atoms with van der Waals surface area (Å²) in [5, 5.41) is 2.79. The zero-order chi connectivity index (χ0) is 16.8. The Balaban J connectivity index is 1.57. The summed E-state index contributed by atoms with van der Waals surface area (Å²) < 4.78 is 13.1. The van der Waals surface area contributed by atoms with Crippen molar-refractivity contribution in [3.8, 4) is 11.3 Å². The first-order valence-electron chi connectivity index (χ1n) is 7.72. The molecule has 24 heavy (non-hydrogen) atoms. The molecule has 4 heteroatoms. The van der Waals surface area contributed by atoms with Gasteiger partial charge in [0.15, 0.2) is 0 Å². The molecule has 3 nitrogen and oxygen atoms in total. The summed E-state index contributed by atoms with van der Waals surface area (Å²) in [6.07, 6.45) is 1.96. The van der Waals surface area contributed by atoms with Gasteiger partial charge in [0.05, 0.1) is 12.1 Å². The monoisotopic (exact) mass is 320 g/mol. The molecule has 0 saturated heterocycles. The third-order valence-corrected chi connectivity index (χ3v) is 3.64. The number of benzene rings is 2. The lowest BCUT2D eigenvalue weighted by atomic mass is 10.1. The van der Waals surface area contributed by atoms with Crippen LogP contribution in [0.4, 0.5) is 4.39 Å². The van der Waals surface area contributed by atoms with E-state index >= 15 is 0 Å². The number of aromatic nitrogens is 1. The number of pyridine rings is 1. The average molecular weight is 320 g/mol. The maximum atomic E-state index is 13.1. The van der Waals surface area contributed by atoms with Crippen LogP contribution >= 0.6 is 0 Å². The number of hydrogen-bond donors (Lipinski definition) is 1. The van der Waals surface area contributed by atoms with Crippen LogP contribution in [0.2, 0.25) is 0 Å². The molecule has 0 unspecified atom stereocenters. The van der Waals surface area contributed by atoms with Crippen molar-refractivity contribution in [1.82, 2.24) is 10.3 Å². The molecule has 1 N–H and O–H groups in total. The first kappa shape index (κ1) is 15.9. The van der Waals surface area contributed by atoms with Crippen LogP contribution in [-0.4, -0.2) is 10.9 Å². The van der Waals surface area contributed by atoms with Crippen LogP contribution in [0.25, 0.3) is 11.3 Å². The van der Waals surface area contributed by atoms with Crippen molar-refractivity contribution in [1.29, 1.82) is 0 Å². The molecular weight excluding hydrogens is 303 g/mol. The molecule has 0 saturated carbocycles. The number of halogens is 1. The van der Waals surface area contributed by atoms with Gasteiger partial charge in [0.25, 0.3) is 0 Å². The van der Waals surface area contributed by atoms with E-state index in [9.17, 15) is 9.18 Å². The molecule has 0 atom stereocenters. The maximum Gasteiger partial charge on any atom is 0.224 e. The number of carbonyl (C=O) groups excluding carboxylic acids is 1. The van der Waals surface area contributed by atoms with Crippen LogP contribution in [-0.2, 0) is 17.8 Å². The summed E-state index contributed by atoms with van der Waals surface area (Å²) in [4.78, 5) is 16.4. The summed E-state index contributed by atoms with van der Waals surface area (Å²) in [5.41, 5.74) is 3.49. The lowest BCUT2D eigenvalue weighted by Gasteiger charge is -2.06. The fourth-order valence-electron chi connectivity index (χ4n) is 2.40. The van der Waals surface area contributed by atoms with Crippen LogP contribution in [0.3, 0.4) is 0 Å². The zero-order valence-corrected chi connectivity index (χ0v) is 13.1. The number of amides is 1. The predicted octanol–water partition coefficient (Wildman–Crippen LogP) is 3.75. The number of rotatable bonds is 5. The molecule has 0 aliphatic carbocycles. The van der Waals surface area contributed by atoms with Gasteiger partial charge in [-0.15, -0.1) is 0 Å². The topological polar surface area (TPSA) is 42.0 Å². The second-order valence-electron chi connectivity index (χ2n) is 5.50. The highest BCUT2D eigenvalue weighted by atomic mass is 19.1. The van der Waals surface area contributed by atoms with Gasteiger partial charge in [0.1, 0.15) is 5.82 Å². The summed E-state index contributed by atoms with van der Waals surface area (Å²) >= 11 is 0.